The first-order valence-corrected chi connectivity index (χ1v) is 6.58. The number of benzene rings is 1. The summed E-state index contributed by atoms with van der Waals surface area (Å²) in [6.07, 6.45) is 3.09. The second kappa shape index (κ2) is 5.46. The maximum absolute atomic E-state index is 13.5. The molecular weight excluding hydrogens is 305 g/mol. The zero-order valence-corrected chi connectivity index (χ0v) is 11.1. The van der Waals surface area contributed by atoms with Crippen LogP contribution in [-0.4, -0.2) is 9.97 Å². The molecule has 1 aromatic carbocycles. The van der Waals surface area contributed by atoms with E-state index in [2.05, 4.69) is 25.9 Å². The molecule has 0 saturated carbocycles. The van der Waals surface area contributed by atoms with Gasteiger partial charge in [0.1, 0.15) is 10.8 Å². The Balaban J connectivity index is 2.10. The van der Waals surface area contributed by atoms with Gasteiger partial charge in [-0.05, 0) is 17.7 Å². The summed E-state index contributed by atoms with van der Waals surface area (Å²) in [5, 5.41) is 0.620. The average Bonchev–Trinajstić information content (AvgIpc) is 2.30. The molecule has 2 N–H and O–H groups in total. The number of aromatic nitrogens is 2. The normalized spacial score (nSPS) is 10.5. The van der Waals surface area contributed by atoms with Crippen LogP contribution < -0.4 is 5.73 Å². The lowest BCUT2D eigenvalue weighted by atomic mass is 10.2. The first kappa shape index (κ1) is 12.3. The summed E-state index contributed by atoms with van der Waals surface area (Å²) in [5.41, 5.74) is 6.27. The number of rotatable bonds is 3. The van der Waals surface area contributed by atoms with Crippen LogP contribution >= 0.6 is 27.7 Å². The van der Waals surface area contributed by atoms with Crippen LogP contribution in [0.4, 0.5) is 10.2 Å². The first-order chi connectivity index (χ1) is 8.16. The lowest BCUT2D eigenvalue weighted by molar-refractivity contribution is 0.616. The van der Waals surface area contributed by atoms with E-state index < -0.39 is 0 Å². The molecule has 2 aromatic rings. The van der Waals surface area contributed by atoms with Crippen molar-refractivity contribution < 1.29 is 4.39 Å². The molecule has 3 nitrogen and oxygen atoms in total. The van der Waals surface area contributed by atoms with Gasteiger partial charge < -0.3 is 5.73 Å². The van der Waals surface area contributed by atoms with Crippen LogP contribution in [0.1, 0.15) is 5.56 Å². The van der Waals surface area contributed by atoms with Gasteiger partial charge in [-0.3, -0.25) is 0 Å². The van der Waals surface area contributed by atoms with Gasteiger partial charge in [-0.25, -0.2) is 14.4 Å². The average molecular weight is 314 g/mol. The van der Waals surface area contributed by atoms with E-state index in [0.717, 1.165) is 4.47 Å². The van der Waals surface area contributed by atoms with Crippen molar-refractivity contribution in [3.8, 4) is 0 Å². The summed E-state index contributed by atoms with van der Waals surface area (Å²) in [5.74, 6) is 0.603. The third-order valence-electron chi connectivity index (χ3n) is 2.07. The van der Waals surface area contributed by atoms with E-state index >= 15 is 0 Å². The van der Waals surface area contributed by atoms with Crippen molar-refractivity contribution in [1.82, 2.24) is 9.97 Å². The zero-order chi connectivity index (χ0) is 12.3. The Labute approximate surface area is 111 Å². The standard InChI is InChI=1S/C11H9BrFN3S/c12-8-2-1-7(9(13)5-8)6-17-11-10(14)15-3-4-16-11/h1-5H,6H2,(H2,14,15). The molecule has 0 bridgehead atoms. The Bertz CT molecular complexity index is 536. The fourth-order valence-corrected chi connectivity index (χ4v) is 2.43. The second-order valence-corrected chi connectivity index (χ2v) is 5.15. The third kappa shape index (κ3) is 3.17. The summed E-state index contributed by atoms with van der Waals surface area (Å²) in [7, 11) is 0. The molecule has 0 spiro atoms. The lowest BCUT2D eigenvalue weighted by Crippen LogP contribution is -1.95. The summed E-state index contributed by atoms with van der Waals surface area (Å²) in [6.45, 7) is 0. The van der Waals surface area contributed by atoms with Crippen LogP contribution in [0.3, 0.4) is 0 Å². The van der Waals surface area contributed by atoms with Crippen LogP contribution in [0.2, 0.25) is 0 Å². The Morgan fingerprint density at radius 3 is 2.76 bits per heavy atom. The summed E-state index contributed by atoms with van der Waals surface area (Å²) in [6, 6.07) is 4.98. The molecule has 1 aromatic heterocycles. The van der Waals surface area contributed by atoms with Crippen LogP contribution in [0.15, 0.2) is 40.1 Å². The zero-order valence-electron chi connectivity index (χ0n) is 8.73. The molecular formula is C11H9BrFN3S. The molecule has 1 heterocycles. The highest BCUT2D eigenvalue weighted by molar-refractivity contribution is 9.10. The lowest BCUT2D eigenvalue weighted by Gasteiger charge is -2.04. The van der Waals surface area contributed by atoms with Gasteiger partial charge in [-0.15, -0.1) is 0 Å². The topological polar surface area (TPSA) is 51.8 Å². The SMILES string of the molecule is Nc1nccnc1SCc1ccc(Br)cc1F. The Morgan fingerprint density at radius 1 is 1.29 bits per heavy atom. The van der Waals surface area contributed by atoms with Gasteiger partial charge in [0.15, 0.2) is 5.82 Å². The van der Waals surface area contributed by atoms with E-state index in [1.807, 2.05) is 0 Å². The van der Waals surface area contributed by atoms with E-state index in [0.29, 0.717) is 22.2 Å². The van der Waals surface area contributed by atoms with Crippen molar-refractivity contribution >= 4 is 33.5 Å². The predicted octanol–water partition coefficient (Wildman–Crippen LogP) is 3.25. The van der Waals surface area contributed by atoms with E-state index in [4.69, 9.17) is 5.73 Å². The minimum absolute atomic E-state index is 0.241. The molecule has 0 fully saturated rings. The number of anilines is 1. The van der Waals surface area contributed by atoms with Crippen molar-refractivity contribution in [2.75, 3.05) is 5.73 Å². The molecule has 0 aliphatic heterocycles. The van der Waals surface area contributed by atoms with Crippen molar-refractivity contribution in [3.05, 3.63) is 46.4 Å². The molecule has 0 aliphatic carbocycles. The van der Waals surface area contributed by atoms with Gasteiger partial charge in [-0.2, -0.15) is 0 Å². The van der Waals surface area contributed by atoms with Gasteiger partial charge in [0.2, 0.25) is 0 Å². The van der Waals surface area contributed by atoms with Crippen molar-refractivity contribution in [1.29, 1.82) is 0 Å². The van der Waals surface area contributed by atoms with Gasteiger partial charge in [0, 0.05) is 22.6 Å². The molecule has 0 aliphatic rings. The largest absolute Gasteiger partial charge is 0.381 e. The number of nitrogens with two attached hydrogens (primary N) is 1. The highest BCUT2D eigenvalue weighted by Crippen LogP contribution is 2.26. The van der Waals surface area contributed by atoms with Gasteiger partial charge in [0.05, 0.1) is 0 Å². The fourth-order valence-electron chi connectivity index (χ4n) is 1.23. The minimum atomic E-state index is -0.241. The minimum Gasteiger partial charge on any atom is -0.381 e. The number of nitrogen functional groups attached to an aromatic ring is 1. The number of thioether (sulfide) groups is 1. The smallest absolute Gasteiger partial charge is 0.156 e. The molecule has 0 unspecified atom stereocenters. The van der Waals surface area contributed by atoms with Crippen molar-refractivity contribution in [2.24, 2.45) is 0 Å². The predicted molar refractivity (Wildman–Crippen MR) is 70.1 cm³/mol. The first-order valence-electron chi connectivity index (χ1n) is 4.80. The monoisotopic (exact) mass is 313 g/mol. The highest BCUT2D eigenvalue weighted by atomic mass is 79.9. The van der Waals surface area contributed by atoms with Crippen molar-refractivity contribution in [2.45, 2.75) is 10.8 Å². The molecule has 2 rings (SSSR count). The van der Waals surface area contributed by atoms with E-state index in [1.165, 1.54) is 24.0 Å². The van der Waals surface area contributed by atoms with Crippen LogP contribution in [0.25, 0.3) is 0 Å². The maximum atomic E-state index is 13.5. The van der Waals surface area contributed by atoms with Crippen LogP contribution in [0.5, 0.6) is 0 Å². The van der Waals surface area contributed by atoms with Crippen LogP contribution in [0, 0.1) is 5.82 Å². The summed E-state index contributed by atoms with van der Waals surface area (Å²) < 4.78 is 14.3. The van der Waals surface area contributed by atoms with E-state index in [9.17, 15) is 4.39 Å². The number of halogens is 2. The molecule has 88 valence electrons. The number of hydrogen-bond donors (Lipinski definition) is 1. The number of hydrogen-bond acceptors (Lipinski definition) is 4. The van der Waals surface area contributed by atoms with Gasteiger partial charge in [0.25, 0.3) is 0 Å². The van der Waals surface area contributed by atoms with E-state index in [1.54, 1.807) is 18.3 Å². The van der Waals surface area contributed by atoms with Crippen molar-refractivity contribution in [3.63, 3.8) is 0 Å². The molecule has 0 radical (unpaired) electrons. The molecule has 0 saturated heterocycles. The Hall–Kier alpha value is -1.14. The van der Waals surface area contributed by atoms with Gasteiger partial charge >= 0.3 is 0 Å². The molecule has 0 amide bonds. The Kier molecular flexibility index (Phi) is 3.96. The summed E-state index contributed by atoms with van der Waals surface area (Å²) in [4.78, 5) is 8.01. The summed E-state index contributed by atoms with van der Waals surface area (Å²) >= 11 is 4.58. The second-order valence-electron chi connectivity index (χ2n) is 3.27. The van der Waals surface area contributed by atoms with Gasteiger partial charge in [-0.1, -0.05) is 33.8 Å². The third-order valence-corrected chi connectivity index (χ3v) is 3.61. The molecule has 6 heteroatoms. The number of nitrogens with zero attached hydrogens (tertiary/aromatic N) is 2. The fraction of sp³-hybridized carbons (Fsp3) is 0.0909. The quantitative estimate of drug-likeness (QED) is 0.884. The highest BCUT2D eigenvalue weighted by Gasteiger charge is 2.06. The molecule has 17 heavy (non-hydrogen) atoms. The van der Waals surface area contributed by atoms with E-state index in [-0.39, 0.29) is 5.82 Å². The maximum Gasteiger partial charge on any atom is 0.156 e. The van der Waals surface area contributed by atoms with Crippen LogP contribution in [-0.2, 0) is 5.75 Å². The Morgan fingerprint density at radius 2 is 2.06 bits per heavy atom. The molecule has 0 atom stereocenters.